The molecule has 3 heterocycles. The molecule has 1 saturated heterocycles. The Morgan fingerprint density at radius 2 is 2.14 bits per heavy atom. The van der Waals surface area contributed by atoms with E-state index in [2.05, 4.69) is 58.4 Å². The Morgan fingerprint density at radius 3 is 2.91 bits per heavy atom. The van der Waals surface area contributed by atoms with Crippen LogP contribution in [0.3, 0.4) is 0 Å². The lowest BCUT2D eigenvalue weighted by atomic mass is 10.1. The van der Waals surface area contributed by atoms with Gasteiger partial charge in [0, 0.05) is 29.3 Å². The number of aromatic nitrogens is 2. The van der Waals surface area contributed by atoms with E-state index < -0.39 is 0 Å². The minimum absolute atomic E-state index is 0.569. The topological polar surface area (TPSA) is 29.0 Å². The van der Waals surface area contributed by atoms with Gasteiger partial charge in [-0.3, -0.25) is 0 Å². The van der Waals surface area contributed by atoms with Gasteiger partial charge in [0.2, 0.25) is 0 Å². The molecule has 1 atom stereocenters. The number of thiophene rings is 1. The van der Waals surface area contributed by atoms with Crippen LogP contribution < -0.4 is 4.90 Å². The maximum Gasteiger partial charge on any atom is 0.169 e. The monoisotopic (exact) mass is 309 g/mol. The predicted molar refractivity (Wildman–Crippen MR) is 92.7 cm³/mol. The highest BCUT2D eigenvalue weighted by Crippen LogP contribution is 2.35. The van der Waals surface area contributed by atoms with Gasteiger partial charge in [0.1, 0.15) is 0 Å². The molecule has 1 aromatic carbocycles. The first-order valence-electron chi connectivity index (χ1n) is 7.86. The zero-order valence-electron chi connectivity index (χ0n) is 12.7. The molecule has 0 saturated carbocycles. The lowest BCUT2D eigenvalue weighted by molar-refractivity contribution is 0.724. The average molecular weight is 309 g/mol. The second-order valence-electron chi connectivity index (χ2n) is 6.01. The smallest absolute Gasteiger partial charge is 0.169 e. The van der Waals surface area contributed by atoms with Crippen LogP contribution in [0.2, 0.25) is 0 Å². The highest BCUT2D eigenvalue weighted by Gasteiger charge is 2.24. The zero-order chi connectivity index (χ0) is 14.9. The van der Waals surface area contributed by atoms with E-state index in [0.29, 0.717) is 6.04 Å². The predicted octanol–water partition coefficient (Wildman–Crippen LogP) is 4.27. The van der Waals surface area contributed by atoms with E-state index in [0.717, 1.165) is 18.8 Å². The number of anilines is 1. The molecule has 4 heteroatoms. The first-order chi connectivity index (χ1) is 10.8. The zero-order valence-corrected chi connectivity index (χ0v) is 13.5. The van der Waals surface area contributed by atoms with Crippen LogP contribution in [0.4, 0.5) is 5.82 Å². The fraction of sp³-hybridized carbons (Fsp3) is 0.333. The third-order valence-electron chi connectivity index (χ3n) is 4.41. The molecule has 22 heavy (non-hydrogen) atoms. The van der Waals surface area contributed by atoms with E-state index in [1.807, 2.05) is 17.5 Å². The minimum Gasteiger partial charge on any atom is -0.351 e. The van der Waals surface area contributed by atoms with Crippen LogP contribution in [0.5, 0.6) is 0 Å². The second-order valence-corrected chi connectivity index (χ2v) is 7.15. The molecule has 0 spiro atoms. The van der Waals surface area contributed by atoms with E-state index in [9.17, 15) is 0 Å². The molecule has 2 aromatic heterocycles. The van der Waals surface area contributed by atoms with Gasteiger partial charge in [0.05, 0.1) is 10.9 Å². The van der Waals surface area contributed by atoms with E-state index >= 15 is 0 Å². The largest absolute Gasteiger partial charge is 0.351 e. The molecule has 1 aliphatic heterocycles. The first kappa shape index (κ1) is 13.7. The Labute approximate surface area is 134 Å². The van der Waals surface area contributed by atoms with Crippen LogP contribution in [-0.4, -0.2) is 22.8 Å². The van der Waals surface area contributed by atoms with Crippen molar-refractivity contribution in [3.8, 4) is 0 Å². The van der Waals surface area contributed by atoms with Crippen molar-refractivity contribution in [1.29, 1.82) is 0 Å². The van der Waals surface area contributed by atoms with Crippen LogP contribution in [0.15, 0.2) is 42.6 Å². The summed E-state index contributed by atoms with van der Waals surface area (Å²) in [6, 6.07) is 13.5. The molecular weight excluding hydrogens is 290 g/mol. The van der Waals surface area contributed by atoms with Gasteiger partial charge in [-0.05, 0) is 31.4 Å². The van der Waals surface area contributed by atoms with Crippen molar-refractivity contribution < 1.29 is 0 Å². The Morgan fingerprint density at radius 1 is 1.27 bits per heavy atom. The summed E-state index contributed by atoms with van der Waals surface area (Å²) in [5.41, 5.74) is 1.35. The van der Waals surface area contributed by atoms with Crippen molar-refractivity contribution in [3.63, 3.8) is 0 Å². The number of hydrogen-bond donors (Lipinski definition) is 0. The summed E-state index contributed by atoms with van der Waals surface area (Å²) in [5, 5.41) is 9.90. The van der Waals surface area contributed by atoms with Crippen LogP contribution in [0.1, 0.15) is 30.2 Å². The molecule has 0 radical (unpaired) electrons. The molecule has 3 nitrogen and oxygen atoms in total. The van der Waals surface area contributed by atoms with Crippen molar-refractivity contribution in [2.45, 2.75) is 32.2 Å². The maximum atomic E-state index is 4.45. The van der Waals surface area contributed by atoms with Gasteiger partial charge >= 0.3 is 0 Å². The number of benzene rings is 1. The maximum absolute atomic E-state index is 4.45. The second kappa shape index (κ2) is 5.69. The summed E-state index contributed by atoms with van der Waals surface area (Å²) in [4.78, 5) is 3.79. The summed E-state index contributed by atoms with van der Waals surface area (Å²) in [6.07, 6.45) is 5.38. The molecule has 3 aromatic rings. The Kier molecular flexibility index (Phi) is 3.54. The lowest BCUT2D eigenvalue weighted by Gasteiger charge is -2.22. The van der Waals surface area contributed by atoms with Gasteiger partial charge in [-0.2, -0.15) is 5.10 Å². The quantitative estimate of drug-likeness (QED) is 0.723. The van der Waals surface area contributed by atoms with Gasteiger partial charge in [-0.25, -0.2) is 0 Å². The van der Waals surface area contributed by atoms with Crippen molar-refractivity contribution in [3.05, 3.63) is 53.0 Å². The SMILES string of the molecule is CC1CCCN1c1nncc2cc(Cc3ccccc3)sc12. The van der Waals surface area contributed by atoms with Crippen molar-refractivity contribution >= 4 is 27.2 Å². The van der Waals surface area contributed by atoms with Crippen LogP contribution >= 0.6 is 11.3 Å². The number of fused-ring (bicyclic) bond motifs is 1. The van der Waals surface area contributed by atoms with E-state index in [1.54, 1.807) is 0 Å². The number of hydrogen-bond acceptors (Lipinski definition) is 4. The molecule has 0 N–H and O–H groups in total. The normalized spacial score (nSPS) is 18.2. The van der Waals surface area contributed by atoms with Crippen molar-refractivity contribution in [1.82, 2.24) is 10.2 Å². The molecule has 4 rings (SSSR count). The minimum atomic E-state index is 0.569. The molecule has 1 fully saturated rings. The number of nitrogens with zero attached hydrogens (tertiary/aromatic N) is 3. The lowest BCUT2D eigenvalue weighted by Crippen LogP contribution is -2.27. The molecule has 0 amide bonds. The van der Waals surface area contributed by atoms with Gasteiger partial charge in [0.25, 0.3) is 0 Å². The van der Waals surface area contributed by atoms with E-state index in [4.69, 9.17) is 0 Å². The fourth-order valence-corrected chi connectivity index (χ4v) is 4.41. The summed E-state index contributed by atoms with van der Waals surface area (Å²) >= 11 is 1.86. The Hall–Kier alpha value is -1.94. The van der Waals surface area contributed by atoms with Gasteiger partial charge < -0.3 is 4.90 Å². The molecule has 112 valence electrons. The molecule has 0 bridgehead atoms. The summed E-state index contributed by atoms with van der Waals surface area (Å²) in [6.45, 7) is 3.38. The number of rotatable bonds is 3. The molecule has 0 aliphatic carbocycles. The summed E-state index contributed by atoms with van der Waals surface area (Å²) < 4.78 is 1.29. The first-order valence-corrected chi connectivity index (χ1v) is 8.67. The summed E-state index contributed by atoms with van der Waals surface area (Å²) in [5.74, 6) is 1.08. The highest BCUT2D eigenvalue weighted by atomic mass is 32.1. The van der Waals surface area contributed by atoms with Crippen LogP contribution in [-0.2, 0) is 6.42 Å². The van der Waals surface area contributed by atoms with Gasteiger partial charge in [-0.1, -0.05) is 30.3 Å². The standard InChI is InChI=1S/C18H19N3S/c1-13-6-5-9-21(13)18-17-15(12-19-20-18)11-16(22-17)10-14-7-3-2-4-8-14/h2-4,7-8,11-13H,5-6,9-10H2,1H3. The average Bonchev–Trinajstić information content (AvgIpc) is 3.13. The summed E-state index contributed by atoms with van der Waals surface area (Å²) in [7, 11) is 0. The molecule has 1 unspecified atom stereocenters. The van der Waals surface area contributed by atoms with Gasteiger partial charge in [0.15, 0.2) is 5.82 Å². The molecule has 1 aliphatic rings. The Balaban J connectivity index is 1.71. The van der Waals surface area contributed by atoms with Gasteiger partial charge in [-0.15, -0.1) is 16.4 Å². The highest BCUT2D eigenvalue weighted by molar-refractivity contribution is 7.19. The van der Waals surface area contributed by atoms with E-state index in [1.165, 1.54) is 33.4 Å². The van der Waals surface area contributed by atoms with Crippen molar-refractivity contribution in [2.75, 3.05) is 11.4 Å². The fourth-order valence-electron chi connectivity index (χ4n) is 3.24. The third-order valence-corrected chi connectivity index (χ3v) is 5.56. The Bertz CT molecular complexity index is 781. The van der Waals surface area contributed by atoms with E-state index in [-0.39, 0.29) is 0 Å². The van der Waals surface area contributed by atoms with Crippen LogP contribution in [0, 0.1) is 0 Å². The third kappa shape index (κ3) is 2.48. The van der Waals surface area contributed by atoms with Crippen LogP contribution in [0.25, 0.3) is 10.1 Å². The molecular formula is C18H19N3S. The van der Waals surface area contributed by atoms with Crippen molar-refractivity contribution in [2.24, 2.45) is 0 Å².